The van der Waals surface area contributed by atoms with Crippen LogP contribution in [0.5, 0.6) is 11.5 Å². The van der Waals surface area contributed by atoms with Crippen LogP contribution in [0.2, 0.25) is 0 Å². The van der Waals surface area contributed by atoms with Gasteiger partial charge in [-0.05, 0) is 64.6 Å². The molecule has 13 rings (SSSR count). The van der Waals surface area contributed by atoms with E-state index in [1.807, 2.05) is 0 Å². The molecule has 5 heterocycles. The highest BCUT2D eigenvalue weighted by Crippen LogP contribution is 2.62. The highest BCUT2D eigenvalue weighted by molar-refractivity contribution is 6.16. The minimum atomic E-state index is -0.676. The number of rotatable bonds is 4. The highest BCUT2D eigenvalue weighted by atomic mass is 16.5. The van der Waals surface area contributed by atoms with Gasteiger partial charge in [0.2, 0.25) is 0 Å². The number of aromatic nitrogens is 2. The molecule has 3 atom stereocenters. The van der Waals surface area contributed by atoms with Gasteiger partial charge in [-0.1, -0.05) is 171 Å². The Morgan fingerprint density at radius 3 is 1.93 bits per heavy atom. The molecule has 0 saturated carbocycles. The van der Waals surface area contributed by atoms with Crippen molar-refractivity contribution >= 4 is 54.9 Å². The largest absolute Gasteiger partial charge is 0.454 e. The van der Waals surface area contributed by atoms with Crippen LogP contribution in [0, 0.1) is 5.92 Å². The summed E-state index contributed by atoms with van der Waals surface area (Å²) in [5.74, 6) is 1.86. The van der Waals surface area contributed by atoms with Crippen LogP contribution >= 0.6 is 0 Å². The molecule has 0 N–H and O–H groups in total. The number of allylic oxidation sites excluding steroid dienone is 1. The third-order valence-electron chi connectivity index (χ3n) is 13.6. The van der Waals surface area contributed by atoms with E-state index in [1.54, 1.807) is 0 Å². The molecule has 4 heteroatoms. The zero-order valence-electron chi connectivity index (χ0n) is 33.1. The number of fused-ring (bicyclic) bond motifs is 15. The second-order valence-corrected chi connectivity index (χ2v) is 16.4. The molecule has 3 aliphatic heterocycles. The van der Waals surface area contributed by atoms with Crippen LogP contribution in [0.4, 0.5) is 0 Å². The Labute approximate surface area is 348 Å². The van der Waals surface area contributed by atoms with Crippen molar-refractivity contribution in [3.8, 4) is 17.2 Å². The van der Waals surface area contributed by atoms with Crippen molar-refractivity contribution in [1.82, 2.24) is 9.13 Å². The van der Waals surface area contributed by atoms with E-state index in [0.29, 0.717) is 0 Å². The molecule has 0 aliphatic carbocycles. The second-order valence-electron chi connectivity index (χ2n) is 16.4. The molecule has 0 radical (unpaired) electrons. The van der Waals surface area contributed by atoms with Crippen molar-refractivity contribution in [2.24, 2.45) is 10.9 Å². The molecule has 1 spiro atoms. The monoisotopic (exact) mass is 769 g/mol. The summed E-state index contributed by atoms with van der Waals surface area (Å²) in [5.41, 5.74) is 14.6. The third kappa shape index (κ3) is 4.32. The van der Waals surface area contributed by atoms with E-state index in [4.69, 9.17) is 9.73 Å². The van der Waals surface area contributed by atoms with Gasteiger partial charge in [-0.15, -0.1) is 0 Å². The van der Waals surface area contributed by atoms with Crippen LogP contribution in [0.1, 0.15) is 52.9 Å². The standard InChI is InChI=1S/C56H39N3O/c1-2-37-42(35-18-5-3-6-19-35)34-47(36-20-7-4-8-21-36)57-55(37)59-49-29-14-10-23-39(49)41-32-33-46-54(53(41)59)60-51-31-16-12-26-44(51)56(46)43-25-11-15-30-50(43)58-48-28-13-9-22-38(48)40-24-17-27-45(56)52(40)58/h3-34,37,55H,2H2,1H3/t37-,55-,56?/m1/s1. The first-order valence-corrected chi connectivity index (χ1v) is 21.1. The number of hydrogen-bond acceptors (Lipinski definition) is 2. The van der Waals surface area contributed by atoms with Gasteiger partial charge in [-0.2, -0.15) is 0 Å². The van der Waals surface area contributed by atoms with E-state index in [-0.39, 0.29) is 12.1 Å². The first kappa shape index (κ1) is 33.5. The maximum Gasteiger partial charge on any atom is 0.156 e. The lowest BCUT2D eigenvalue weighted by molar-refractivity contribution is 0.405. The number of dihydropyridines is 1. The molecule has 284 valence electrons. The fraction of sp³-hybridized carbons (Fsp3) is 0.0893. The van der Waals surface area contributed by atoms with Crippen molar-refractivity contribution in [3.05, 3.63) is 228 Å². The van der Waals surface area contributed by atoms with Gasteiger partial charge in [0, 0.05) is 38.6 Å². The van der Waals surface area contributed by atoms with Gasteiger partial charge < -0.3 is 13.9 Å². The van der Waals surface area contributed by atoms with Crippen LogP contribution in [-0.4, -0.2) is 14.8 Å². The van der Waals surface area contributed by atoms with Crippen LogP contribution in [-0.2, 0) is 5.41 Å². The Hall–Kier alpha value is -7.43. The third-order valence-corrected chi connectivity index (χ3v) is 13.6. The van der Waals surface area contributed by atoms with Gasteiger partial charge in [0.05, 0.1) is 38.9 Å². The van der Waals surface area contributed by atoms with Gasteiger partial charge in [0.1, 0.15) is 11.9 Å². The van der Waals surface area contributed by atoms with Crippen LogP contribution in [0.25, 0.3) is 54.9 Å². The first-order chi connectivity index (χ1) is 29.8. The van der Waals surface area contributed by atoms with Crippen LogP contribution in [0.3, 0.4) is 0 Å². The number of aliphatic imine (C=N–C) groups is 1. The highest BCUT2D eigenvalue weighted by Gasteiger charge is 2.51. The average Bonchev–Trinajstić information content (AvgIpc) is 3.84. The molecule has 60 heavy (non-hydrogen) atoms. The molecule has 3 aliphatic rings. The lowest BCUT2D eigenvalue weighted by atomic mass is 9.61. The molecule has 10 aromatic rings. The summed E-state index contributed by atoms with van der Waals surface area (Å²) in [5, 5.41) is 4.88. The topological polar surface area (TPSA) is 31.4 Å². The summed E-state index contributed by atoms with van der Waals surface area (Å²) in [6.07, 6.45) is 2.99. The summed E-state index contributed by atoms with van der Waals surface area (Å²) in [4.78, 5) is 5.79. The van der Waals surface area contributed by atoms with Crippen LogP contribution in [0.15, 0.2) is 199 Å². The van der Waals surface area contributed by atoms with E-state index < -0.39 is 5.41 Å². The van der Waals surface area contributed by atoms with E-state index in [9.17, 15) is 0 Å². The Balaban J connectivity index is 1.18. The molecule has 2 aromatic heterocycles. The number of hydrogen-bond donors (Lipinski definition) is 0. The van der Waals surface area contributed by atoms with E-state index >= 15 is 0 Å². The van der Waals surface area contributed by atoms with E-state index in [2.05, 4.69) is 210 Å². The van der Waals surface area contributed by atoms with Crippen molar-refractivity contribution in [3.63, 3.8) is 0 Å². The molecule has 0 fully saturated rings. The van der Waals surface area contributed by atoms with Gasteiger partial charge in [-0.3, -0.25) is 4.99 Å². The van der Waals surface area contributed by atoms with Gasteiger partial charge in [0.25, 0.3) is 0 Å². The quantitative estimate of drug-likeness (QED) is 0.175. The predicted octanol–water partition coefficient (Wildman–Crippen LogP) is 13.8. The molecular formula is C56H39N3O. The molecule has 0 saturated heterocycles. The summed E-state index contributed by atoms with van der Waals surface area (Å²) in [6, 6.07) is 68.7. The lowest BCUT2D eigenvalue weighted by Gasteiger charge is -2.45. The molecule has 8 aromatic carbocycles. The van der Waals surface area contributed by atoms with Crippen molar-refractivity contribution in [1.29, 1.82) is 0 Å². The number of benzene rings is 8. The lowest BCUT2D eigenvalue weighted by Crippen LogP contribution is -2.38. The summed E-state index contributed by atoms with van der Waals surface area (Å²) >= 11 is 0. The fourth-order valence-corrected chi connectivity index (χ4v) is 11.2. The maximum absolute atomic E-state index is 7.44. The first-order valence-electron chi connectivity index (χ1n) is 21.1. The van der Waals surface area contributed by atoms with Crippen molar-refractivity contribution in [2.45, 2.75) is 24.9 Å². The Kier molecular flexibility index (Phi) is 7.01. The van der Waals surface area contributed by atoms with E-state index in [0.717, 1.165) is 56.7 Å². The SMILES string of the molecule is CC[C@@H]1C(c2ccccc2)=CC(c2ccccc2)=N[C@@H]1n1c2ccccc2c2ccc3c(c21)Oc1ccccc1C31c2ccccc2-n2c3ccccc3c3cccc1c32. The molecule has 4 nitrogen and oxygen atoms in total. The fourth-order valence-electron chi connectivity index (χ4n) is 11.2. The smallest absolute Gasteiger partial charge is 0.156 e. The molecule has 0 bridgehead atoms. The Bertz CT molecular complexity index is 3460. The summed E-state index contributed by atoms with van der Waals surface area (Å²) < 4.78 is 12.5. The average molecular weight is 770 g/mol. The zero-order valence-corrected chi connectivity index (χ0v) is 33.1. The minimum absolute atomic E-state index is 0.0967. The zero-order chi connectivity index (χ0) is 39.5. The van der Waals surface area contributed by atoms with E-state index in [1.165, 1.54) is 55.1 Å². The van der Waals surface area contributed by atoms with Crippen molar-refractivity contribution < 1.29 is 4.74 Å². The molecular weight excluding hydrogens is 731 g/mol. The number of ether oxygens (including phenoxy) is 1. The summed E-state index contributed by atoms with van der Waals surface area (Å²) in [6.45, 7) is 2.31. The minimum Gasteiger partial charge on any atom is -0.454 e. The molecule has 0 amide bonds. The number of para-hydroxylation sites is 5. The predicted molar refractivity (Wildman–Crippen MR) is 246 cm³/mol. The Morgan fingerprint density at radius 1 is 0.517 bits per heavy atom. The maximum atomic E-state index is 7.44. The van der Waals surface area contributed by atoms with Crippen LogP contribution < -0.4 is 4.74 Å². The summed E-state index contributed by atoms with van der Waals surface area (Å²) in [7, 11) is 0. The van der Waals surface area contributed by atoms with Gasteiger partial charge in [0.15, 0.2) is 5.75 Å². The normalized spacial score (nSPS) is 18.9. The van der Waals surface area contributed by atoms with Gasteiger partial charge >= 0.3 is 0 Å². The second kappa shape index (κ2) is 12.5. The number of nitrogens with zero attached hydrogens (tertiary/aromatic N) is 3. The van der Waals surface area contributed by atoms with Gasteiger partial charge in [-0.25, -0.2) is 0 Å². The molecule has 1 unspecified atom stereocenters. The Morgan fingerprint density at radius 2 is 1.13 bits per heavy atom. The van der Waals surface area contributed by atoms with Crippen molar-refractivity contribution in [2.75, 3.05) is 0 Å².